The zero-order valence-corrected chi connectivity index (χ0v) is 15.4. The van der Waals surface area contributed by atoms with Crippen molar-refractivity contribution in [2.45, 2.75) is 49.4 Å². The second-order valence-corrected chi connectivity index (χ2v) is 10.2. The molecule has 0 aliphatic carbocycles. The molecule has 1 atom stereocenters. The summed E-state index contributed by atoms with van der Waals surface area (Å²) >= 11 is 0. The average molecular weight is 348 g/mol. The Morgan fingerprint density at radius 1 is 0.955 bits per heavy atom. The molecular weight excluding hydrogens is 322 g/mol. The minimum atomic E-state index is -3.52. The van der Waals surface area contributed by atoms with Gasteiger partial charge >= 0.3 is 0 Å². The third-order valence-electron chi connectivity index (χ3n) is 3.36. The van der Waals surface area contributed by atoms with E-state index in [0.29, 0.717) is 11.6 Å². The zero-order chi connectivity index (χ0) is 17.1. The first kappa shape index (κ1) is 19.0. The standard InChI is InChI=1S/C15H25NO4S2/c1-11(2)6-7-12(3)16-14-9-8-13(21(4,17)18)10-15(14)22(5,19)20/h8-12,16H,6-7H2,1-5H3. The minimum Gasteiger partial charge on any atom is -0.382 e. The molecule has 0 aliphatic heterocycles. The maximum absolute atomic E-state index is 11.9. The SMILES string of the molecule is CC(C)CCC(C)Nc1ccc(S(C)(=O)=O)cc1S(C)(=O)=O. The monoisotopic (exact) mass is 347 g/mol. The van der Waals surface area contributed by atoms with Crippen LogP contribution >= 0.6 is 0 Å². The Kier molecular flexibility index (Phi) is 6.03. The van der Waals surface area contributed by atoms with Crippen molar-refractivity contribution in [1.82, 2.24) is 0 Å². The molecule has 1 unspecified atom stereocenters. The van der Waals surface area contributed by atoms with Crippen LogP contribution in [0.4, 0.5) is 5.69 Å². The Balaban J connectivity index is 3.15. The summed E-state index contributed by atoms with van der Waals surface area (Å²) in [6.45, 7) is 6.25. The van der Waals surface area contributed by atoms with E-state index >= 15 is 0 Å². The number of nitrogens with one attached hydrogen (secondary N) is 1. The highest BCUT2D eigenvalue weighted by Crippen LogP contribution is 2.26. The van der Waals surface area contributed by atoms with Crippen molar-refractivity contribution in [2.75, 3.05) is 17.8 Å². The molecule has 0 saturated heterocycles. The summed E-state index contributed by atoms with van der Waals surface area (Å²) < 4.78 is 47.1. The Bertz CT molecular complexity index is 722. The van der Waals surface area contributed by atoms with E-state index in [1.54, 1.807) is 0 Å². The third-order valence-corrected chi connectivity index (χ3v) is 5.61. The van der Waals surface area contributed by atoms with Gasteiger partial charge in [-0.05, 0) is 43.9 Å². The van der Waals surface area contributed by atoms with Crippen molar-refractivity contribution >= 4 is 25.4 Å². The smallest absolute Gasteiger partial charge is 0.177 e. The lowest BCUT2D eigenvalue weighted by Crippen LogP contribution is -2.18. The molecule has 1 aromatic rings. The summed E-state index contributed by atoms with van der Waals surface area (Å²) in [4.78, 5) is 0.0279. The van der Waals surface area contributed by atoms with Gasteiger partial charge in [0.1, 0.15) is 0 Å². The maximum Gasteiger partial charge on any atom is 0.177 e. The van der Waals surface area contributed by atoms with Crippen LogP contribution in [0.3, 0.4) is 0 Å². The van der Waals surface area contributed by atoms with E-state index in [0.717, 1.165) is 25.4 Å². The second kappa shape index (κ2) is 7.00. The molecule has 0 bridgehead atoms. The fraction of sp³-hybridized carbons (Fsp3) is 0.600. The molecule has 1 rings (SSSR count). The molecule has 5 nitrogen and oxygen atoms in total. The molecule has 0 aromatic heterocycles. The first-order valence-corrected chi connectivity index (χ1v) is 11.0. The minimum absolute atomic E-state index is 0.00769. The van der Waals surface area contributed by atoms with Crippen molar-refractivity contribution in [2.24, 2.45) is 5.92 Å². The molecule has 126 valence electrons. The molecule has 0 aliphatic rings. The fourth-order valence-electron chi connectivity index (χ4n) is 2.08. The van der Waals surface area contributed by atoms with Gasteiger partial charge in [0.15, 0.2) is 19.7 Å². The summed E-state index contributed by atoms with van der Waals surface area (Å²) in [5, 5.41) is 3.18. The van der Waals surface area contributed by atoms with E-state index in [4.69, 9.17) is 0 Å². The number of benzene rings is 1. The second-order valence-electron chi connectivity index (χ2n) is 6.22. The lowest BCUT2D eigenvalue weighted by atomic mass is 10.0. The first-order chi connectivity index (χ1) is 9.91. The molecule has 0 spiro atoms. The van der Waals surface area contributed by atoms with Crippen LogP contribution in [0, 0.1) is 5.92 Å². The number of rotatable bonds is 7. The van der Waals surface area contributed by atoms with Gasteiger partial charge < -0.3 is 5.32 Å². The van der Waals surface area contributed by atoms with Gasteiger partial charge in [0.25, 0.3) is 0 Å². The van der Waals surface area contributed by atoms with E-state index in [1.165, 1.54) is 18.2 Å². The fourth-order valence-corrected chi connectivity index (χ4v) is 3.67. The quantitative estimate of drug-likeness (QED) is 0.820. The normalized spacial score (nSPS) is 14.1. The van der Waals surface area contributed by atoms with E-state index in [-0.39, 0.29) is 15.8 Å². The molecule has 0 fully saturated rings. The molecule has 1 N–H and O–H groups in total. The Labute approximate surface area is 134 Å². The van der Waals surface area contributed by atoms with Crippen molar-refractivity contribution in [3.63, 3.8) is 0 Å². The molecule has 0 amide bonds. The molecular formula is C15H25NO4S2. The van der Waals surface area contributed by atoms with E-state index in [9.17, 15) is 16.8 Å². The molecule has 1 aromatic carbocycles. The maximum atomic E-state index is 11.9. The van der Waals surface area contributed by atoms with Crippen LogP contribution in [-0.2, 0) is 19.7 Å². The van der Waals surface area contributed by atoms with Crippen molar-refractivity contribution in [3.8, 4) is 0 Å². The summed E-state index contributed by atoms with van der Waals surface area (Å²) in [5.74, 6) is 0.575. The topological polar surface area (TPSA) is 80.3 Å². The van der Waals surface area contributed by atoms with Gasteiger partial charge in [-0.25, -0.2) is 16.8 Å². The lowest BCUT2D eigenvalue weighted by molar-refractivity contribution is 0.527. The van der Waals surface area contributed by atoms with Gasteiger partial charge in [-0.3, -0.25) is 0 Å². The van der Waals surface area contributed by atoms with E-state index in [2.05, 4.69) is 19.2 Å². The van der Waals surface area contributed by atoms with E-state index in [1.807, 2.05) is 6.92 Å². The van der Waals surface area contributed by atoms with Crippen LogP contribution in [0.25, 0.3) is 0 Å². The highest BCUT2D eigenvalue weighted by atomic mass is 32.2. The number of sulfone groups is 2. The van der Waals surface area contributed by atoms with Gasteiger partial charge in [-0.2, -0.15) is 0 Å². The molecule has 22 heavy (non-hydrogen) atoms. The van der Waals surface area contributed by atoms with Crippen LogP contribution in [0.5, 0.6) is 0 Å². The Morgan fingerprint density at radius 2 is 1.55 bits per heavy atom. The summed E-state index contributed by atoms with van der Waals surface area (Å²) in [6, 6.07) is 4.29. The summed E-state index contributed by atoms with van der Waals surface area (Å²) in [6.07, 6.45) is 4.09. The van der Waals surface area contributed by atoms with Gasteiger partial charge in [0.05, 0.1) is 15.5 Å². The Morgan fingerprint density at radius 3 is 2.00 bits per heavy atom. The summed E-state index contributed by atoms with van der Waals surface area (Å²) in [7, 11) is -6.96. The van der Waals surface area contributed by atoms with Crippen LogP contribution in [0.2, 0.25) is 0 Å². The van der Waals surface area contributed by atoms with Crippen molar-refractivity contribution in [1.29, 1.82) is 0 Å². The van der Waals surface area contributed by atoms with Crippen molar-refractivity contribution in [3.05, 3.63) is 18.2 Å². The van der Waals surface area contributed by atoms with Crippen molar-refractivity contribution < 1.29 is 16.8 Å². The molecule has 0 heterocycles. The van der Waals surface area contributed by atoms with Crippen LogP contribution in [0.15, 0.2) is 28.0 Å². The van der Waals surface area contributed by atoms with Crippen LogP contribution in [-0.4, -0.2) is 35.4 Å². The summed E-state index contributed by atoms with van der Waals surface area (Å²) in [5.41, 5.74) is 0.450. The predicted octanol–water partition coefficient (Wildman–Crippen LogP) is 2.73. The number of anilines is 1. The largest absolute Gasteiger partial charge is 0.382 e. The molecule has 0 saturated carbocycles. The first-order valence-electron chi connectivity index (χ1n) is 7.22. The van der Waals surface area contributed by atoms with Gasteiger partial charge in [-0.15, -0.1) is 0 Å². The van der Waals surface area contributed by atoms with Crippen LogP contribution < -0.4 is 5.32 Å². The third kappa shape index (κ3) is 5.61. The van der Waals surface area contributed by atoms with Gasteiger partial charge in [0.2, 0.25) is 0 Å². The highest BCUT2D eigenvalue weighted by molar-refractivity contribution is 7.91. The molecule has 0 radical (unpaired) electrons. The predicted molar refractivity (Wildman–Crippen MR) is 89.8 cm³/mol. The highest BCUT2D eigenvalue weighted by Gasteiger charge is 2.19. The Hall–Kier alpha value is -1.08. The van der Waals surface area contributed by atoms with Crippen LogP contribution in [0.1, 0.15) is 33.6 Å². The number of hydrogen-bond acceptors (Lipinski definition) is 5. The number of hydrogen-bond donors (Lipinski definition) is 1. The zero-order valence-electron chi connectivity index (χ0n) is 13.8. The van der Waals surface area contributed by atoms with Gasteiger partial charge in [0, 0.05) is 18.6 Å². The average Bonchev–Trinajstić information content (AvgIpc) is 2.34. The van der Waals surface area contributed by atoms with E-state index < -0.39 is 19.7 Å². The lowest BCUT2D eigenvalue weighted by Gasteiger charge is -2.19. The molecule has 7 heteroatoms. The van der Waals surface area contributed by atoms with Gasteiger partial charge in [-0.1, -0.05) is 13.8 Å².